The quantitative estimate of drug-likeness (QED) is 0.629. The Hall–Kier alpha value is -0.570. The molecule has 0 bridgehead atoms. The summed E-state index contributed by atoms with van der Waals surface area (Å²) in [7, 11) is 1.96. The van der Waals surface area contributed by atoms with Crippen LogP contribution in [0.3, 0.4) is 0 Å². The normalized spacial score (nSPS) is 36.7. The van der Waals surface area contributed by atoms with E-state index < -0.39 is 0 Å². The second-order valence-electron chi connectivity index (χ2n) is 6.58. The fraction of sp³-hybridized carbons (Fsp3) is 0.923. The van der Waals surface area contributed by atoms with Crippen molar-refractivity contribution >= 4 is 5.91 Å². The molecule has 2 heterocycles. The lowest BCUT2D eigenvalue weighted by Crippen LogP contribution is -2.54. The zero-order valence-corrected chi connectivity index (χ0v) is 11.2. The van der Waals surface area contributed by atoms with Gasteiger partial charge < -0.3 is 4.90 Å². The summed E-state index contributed by atoms with van der Waals surface area (Å²) in [5, 5.41) is 0. The SMILES string of the molecule is CN1C(=O)[C@@]2(C)CCCCN2[C@H]1C(C)(C)C. The molecule has 0 N–H and O–H groups in total. The number of fused-ring (bicyclic) bond motifs is 1. The lowest BCUT2D eigenvalue weighted by atomic mass is 9.86. The Morgan fingerprint density at radius 1 is 1.31 bits per heavy atom. The van der Waals surface area contributed by atoms with E-state index in [4.69, 9.17) is 0 Å². The first-order valence-electron chi connectivity index (χ1n) is 6.32. The maximum absolute atomic E-state index is 12.4. The zero-order valence-electron chi connectivity index (χ0n) is 11.2. The smallest absolute Gasteiger partial charge is 0.243 e. The standard InChI is InChI=1S/C13H24N2O/c1-12(2,3)10-14(5)11(16)13(4)8-6-7-9-15(10)13/h10H,6-9H2,1-5H3/t10-,13+/m0/s1. The van der Waals surface area contributed by atoms with Crippen molar-refractivity contribution in [3.8, 4) is 0 Å². The van der Waals surface area contributed by atoms with Crippen LogP contribution >= 0.6 is 0 Å². The molecule has 1 amide bonds. The summed E-state index contributed by atoms with van der Waals surface area (Å²) in [6.07, 6.45) is 3.68. The van der Waals surface area contributed by atoms with Crippen LogP contribution < -0.4 is 0 Å². The summed E-state index contributed by atoms with van der Waals surface area (Å²) in [6.45, 7) is 9.86. The molecule has 92 valence electrons. The van der Waals surface area contributed by atoms with Crippen molar-refractivity contribution in [2.45, 2.75) is 58.7 Å². The number of likely N-dealkylation sites (N-methyl/N-ethyl adjacent to an activating group) is 1. The lowest BCUT2D eigenvalue weighted by molar-refractivity contribution is -0.133. The fourth-order valence-electron chi connectivity index (χ4n) is 3.51. The first-order valence-corrected chi connectivity index (χ1v) is 6.32. The summed E-state index contributed by atoms with van der Waals surface area (Å²) >= 11 is 0. The third-order valence-electron chi connectivity index (χ3n) is 4.16. The van der Waals surface area contributed by atoms with Gasteiger partial charge in [0.15, 0.2) is 0 Å². The van der Waals surface area contributed by atoms with E-state index in [1.165, 1.54) is 12.8 Å². The number of hydrogen-bond donors (Lipinski definition) is 0. The van der Waals surface area contributed by atoms with Crippen LogP contribution in [0.5, 0.6) is 0 Å². The van der Waals surface area contributed by atoms with E-state index in [1.807, 2.05) is 11.9 Å². The van der Waals surface area contributed by atoms with Crippen molar-refractivity contribution in [2.75, 3.05) is 13.6 Å². The summed E-state index contributed by atoms with van der Waals surface area (Å²) in [4.78, 5) is 16.8. The lowest BCUT2D eigenvalue weighted by Gasteiger charge is -2.44. The van der Waals surface area contributed by atoms with Gasteiger partial charge in [0, 0.05) is 13.6 Å². The molecular formula is C13H24N2O. The number of rotatable bonds is 0. The molecule has 2 saturated heterocycles. The first-order chi connectivity index (χ1) is 7.28. The van der Waals surface area contributed by atoms with Gasteiger partial charge in [-0.1, -0.05) is 20.8 Å². The largest absolute Gasteiger partial charge is 0.328 e. The highest BCUT2D eigenvalue weighted by Crippen LogP contribution is 2.43. The van der Waals surface area contributed by atoms with Gasteiger partial charge >= 0.3 is 0 Å². The number of hydrogen-bond acceptors (Lipinski definition) is 2. The Morgan fingerprint density at radius 2 is 1.94 bits per heavy atom. The molecule has 3 heteroatoms. The minimum absolute atomic E-state index is 0.125. The van der Waals surface area contributed by atoms with Gasteiger partial charge in [0.25, 0.3) is 0 Å². The van der Waals surface area contributed by atoms with Crippen molar-refractivity contribution in [1.82, 2.24) is 9.80 Å². The maximum Gasteiger partial charge on any atom is 0.243 e. The van der Waals surface area contributed by atoms with Crippen LogP contribution in [-0.2, 0) is 4.79 Å². The van der Waals surface area contributed by atoms with Gasteiger partial charge in [-0.15, -0.1) is 0 Å². The minimum Gasteiger partial charge on any atom is -0.328 e. The van der Waals surface area contributed by atoms with Gasteiger partial charge in [0.05, 0.1) is 11.7 Å². The van der Waals surface area contributed by atoms with Gasteiger partial charge in [-0.25, -0.2) is 0 Å². The van der Waals surface area contributed by atoms with E-state index >= 15 is 0 Å². The molecule has 0 aromatic carbocycles. The average Bonchev–Trinajstić information content (AvgIpc) is 2.37. The van der Waals surface area contributed by atoms with Crippen molar-refractivity contribution in [1.29, 1.82) is 0 Å². The van der Waals surface area contributed by atoms with Gasteiger partial charge in [0.2, 0.25) is 5.91 Å². The summed E-state index contributed by atoms with van der Waals surface area (Å²) in [5.74, 6) is 0.312. The van der Waals surface area contributed by atoms with Crippen LogP contribution in [0.1, 0.15) is 47.0 Å². The molecular weight excluding hydrogens is 200 g/mol. The Balaban J connectivity index is 2.38. The zero-order chi connectivity index (χ0) is 12.1. The molecule has 3 nitrogen and oxygen atoms in total. The van der Waals surface area contributed by atoms with Crippen molar-refractivity contribution < 1.29 is 4.79 Å². The summed E-state index contributed by atoms with van der Waals surface area (Å²) < 4.78 is 0. The first kappa shape index (κ1) is 11.9. The number of carbonyl (C=O) groups is 1. The topological polar surface area (TPSA) is 23.6 Å². The van der Waals surface area contributed by atoms with Crippen LogP contribution in [0.4, 0.5) is 0 Å². The van der Waals surface area contributed by atoms with E-state index in [0.29, 0.717) is 5.91 Å². The van der Waals surface area contributed by atoms with E-state index in [9.17, 15) is 4.79 Å². The van der Waals surface area contributed by atoms with E-state index in [0.717, 1.165) is 13.0 Å². The minimum atomic E-state index is -0.231. The molecule has 0 unspecified atom stereocenters. The number of amides is 1. The van der Waals surface area contributed by atoms with Crippen LogP contribution in [0.2, 0.25) is 0 Å². The third-order valence-corrected chi connectivity index (χ3v) is 4.16. The van der Waals surface area contributed by atoms with Crippen molar-refractivity contribution in [3.63, 3.8) is 0 Å². The average molecular weight is 224 g/mol. The molecule has 2 atom stereocenters. The molecule has 0 aliphatic carbocycles. The van der Waals surface area contributed by atoms with E-state index in [2.05, 4.69) is 32.6 Å². The van der Waals surface area contributed by atoms with Crippen LogP contribution in [0.15, 0.2) is 0 Å². The van der Waals surface area contributed by atoms with Gasteiger partial charge in [-0.3, -0.25) is 9.69 Å². The maximum atomic E-state index is 12.4. The summed E-state index contributed by atoms with van der Waals surface area (Å²) in [5.41, 5.74) is -0.107. The summed E-state index contributed by atoms with van der Waals surface area (Å²) in [6, 6.07) is 0. The van der Waals surface area contributed by atoms with Crippen molar-refractivity contribution in [3.05, 3.63) is 0 Å². The Labute approximate surface area is 98.8 Å². The van der Waals surface area contributed by atoms with Gasteiger partial charge in [-0.05, 0) is 31.6 Å². The monoisotopic (exact) mass is 224 g/mol. The van der Waals surface area contributed by atoms with Crippen molar-refractivity contribution in [2.24, 2.45) is 5.41 Å². The van der Waals surface area contributed by atoms with E-state index in [-0.39, 0.29) is 17.1 Å². The van der Waals surface area contributed by atoms with Crippen LogP contribution in [0, 0.1) is 5.41 Å². The second kappa shape index (κ2) is 3.46. The molecule has 0 aromatic heterocycles. The third kappa shape index (κ3) is 1.48. The molecule has 0 radical (unpaired) electrons. The Morgan fingerprint density at radius 3 is 2.50 bits per heavy atom. The predicted molar refractivity (Wildman–Crippen MR) is 65.0 cm³/mol. The fourth-order valence-corrected chi connectivity index (χ4v) is 3.51. The van der Waals surface area contributed by atoms with Gasteiger partial charge in [-0.2, -0.15) is 0 Å². The molecule has 16 heavy (non-hydrogen) atoms. The highest BCUT2D eigenvalue weighted by molar-refractivity contribution is 5.88. The van der Waals surface area contributed by atoms with E-state index in [1.54, 1.807) is 0 Å². The molecule has 0 spiro atoms. The predicted octanol–water partition coefficient (Wildman–Crippen LogP) is 2.08. The Bertz CT molecular complexity index is 308. The molecule has 0 aromatic rings. The molecule has 2 fully saturated rings. The van der Waals surface area contributed by atoms with Crippen LogP contribution in [-0.4, -0.2) is 41.0 Å². The molecule has 2 aliphatic heterocycles. The Kier molecular flexibility index (Phi) is 2.57. The van der Waals surface area contributed by atoms with Gasteiger partial charge in [0.1, 0.15) is 0 Å². The molecule has 2 aliphatic rings. The highest BCUT2D eigenvalue weighted by atomic mass is 16.2. The van der Waals surface area contributed by atoms with Crippen LogP contribution in [0.25, 0.3) is 0 Å². The second-order valence-corrected chi connectivity index (χ2v) is 6.58. The molecule has 0 saturated carbocycles. The number of piperidine rings is 1. The number of carbonyl (C=O) groups excluding carboxylic acids is 1. The highest BCUT2D eigenvalue weighted by Gasteiger charge is 2.56. The molecule has 2 rings (SSSR count). The number of nitrogens with zero attached hydrogens (tertiary/aromatic N) is 2.